The Balaban J connectivity index is 0.00000208. The van der Waals surface area contributed by atoms with Crippen molar-refractivity contribution >= 4 is 45.2 Å². The molecule has 0 unspecified atom stereocenters. The molecule has 0 bridgehead atoms. The van der Waals surface area contributed by atoms with Gasteiger partial charge < -0.3 is 9.73 Å². The van der Waals surface area contributed by atoms with Crippen LogP contribution in [0.1, 0.15) is 15.9 Å². The number of carbonyl (C=O) groups excluding carboxylic acids is 1. The topological polar surface area (TPSA) is 75.1 Å². The van der Waals surface area contributed by atoms with Crippen LogP contribution in [0.5, 0.6) is 0 Å². The van der Waals surface area contributed by atoms with Gasteiger partial charge >= 0.3 is 5.76 Å². The van der Waals surface area contributed by atoms with E-state index in [2.05, 4.69) is 38.4 Å². The van der Waals surface area contributed by atoms with Crippen LogP contribution in [0.4, 0.5) is 0 Å². The zero-order chi connectivity index (χ0) is 16.2. The normalized spacial score (nSPS) is 10.5. The number of hydrogen-bond donors (Lipinski definition) is 2. The highest BCUT2D eigenvalue weighted by Crippen LogP contribution is 2.13. The number of halogens is 2. The van der Waals surface area contributed by atoms with Crippen LogP contribution in [-0.4, -0.2) is 23.9 Å². The van der Waals surface area contributed by atoms with Crippen molar-refractivity contribution in [3.05, 3.63) is 68.6 Å². The number of Topliss-reactive ketones (excluding diaryl/α,β-unsaturated/α-hetero) is 1. The van der Waals surface area contributed by atoms with Crippen molar-refractivity contribution in [1.29, 1.82) is 0 Å². The van der Waals surface area contributed by atoms with Gasteiger partial charge in [-0.05, 0) is 48.9 Å². The van der Waals surface area contributed by atoms with E-state index in [0.29, 0.717) is 16.7 Å². The van der Waals surface area contributed by atoms with Crippen LogP contribution in [0.2, 0.25) is 0 Å². The predicted molar refractivity (Wildman–Crippen MR) is 99.1 cm³/mol. The lowest BCUT2D eigenvalue weighted by Crippen LogP contribution is -2.25. The third-order valence-electron chi connectivity index (χ3n) is 3.53. The number of fused-ring (bicyclic) bond motifs is 1. The Morgan fingerprint density at radius 3 is 2.67 bits per heavy atom. The standard InChI is InChI=1S/C17H15BrN2O3.ClH/c18-13-4-1-11(2-5-13)7-8-19-10-15(21)12-3-6-14-16(9-12)23-17(22)20-14;/h1-6,9,19H,7-8,10H2,(H,20,22);1H. The van der Waals surface area contributed by atoms with Crippen LogP contribution in [0.25, 0.3) is 11.1 Å². The number of hydrogen-bond acceptors (Lipinski definition) is 4. The molecule has 126 valence electrons. The second-order valence-corrected chi connectivity index (χ2v) is 6.12. The summed E-state index contributed by atoms with van der Waals surface area (Å²) in [5.41, 5.74) is 2.73. The molecule has 3 rings (SSSR count). The van der Waals surface area contributed by atoms with E-state index >= 15 is 0 Å². The van der Waals surface area contributed by atoms with E-state index in [-0.39, 0.29) is 24.7 Å². The molecule has 2 N–H and O–H groups in total. The molecule has 0 fully saturated rings. The van der Waals surface area contributed by atoms with Crippen molar-refractivity contribution < 1.29 is 9.21 Å². The van der Waals surface area contributed by atoms with Crippen molar-refractivity contribution in [2.24, 2.45) is 0 Å². The Kier molecular flexibility index (Phi) is 6.36. The summed E-state index contributed by atoms with van der Waals surface area (Å²) in [4.78, 5) is 25.8. The number of ketones is 1. The molecule has 0 aliphatic carbocycles. The summed E-state index contributed by atoms with van der Waals surface area (Å²) < 4.78 is 6.02. The quantitative estimate of drug-likeness (QED) is 0.482. The average molecular weight is 412 g/mol. The van der Waals surface area contributed by atoms with E-state index in [1.165, 1.54) is 5.56 Å². The first-order valence-corrected chi connectivity index (χ1v) is 8.02. The number of H-pyrrole nitrogens is 1. The van der Waals surface area contributed by atoms with Gasteiger partial charge in [0.1, 0.15) is 0 Å². The van der Waals surface area contributed by atoms with Crippen molar-refractivity contribution in [1.82, 2.24) is 10.3 Å². The second kappa shape index (κ2) is 8.28. The third-order valence-corrected chi connectivity index (χ3v) is 4.06. The molecule has 0 saturated carbocycles. The lowest BCUT2D eigenvalue weighted by atomic mass is 10.1. The predicted octanol–water partition coefficient (Wildman–Crippen LogP) is 3.32. The fourth-order valence-corrected chi connectivity index (χ4v) is 2.57. The molecule has 0 atom stereocenters. The molecule has 0 aliphatic rings. The fraction of sp³-hybridized carbons (Fsp3) is 0.176. The molecule has 0 radical (unpaired) electrons. The molecule has 2 aromatic carbocycles. The molecule has 3 aromatic rings. The summed E-state index contributed by atoms with van der Waals surface area (Å²) in [6.45, 7) is 0.964. The molecular formula is C17H16BrClN2O3. The summed E-state index contributed by atoms with van der Waals surface area (Å²) in [6, 6.07) is 13.1. The molecule has 0 spiro atoms. The molecule has 0 saturated heterocycles. The minimum Gasteiger partial charge on any atom is -0.408 e. The smallest absolute Gasteiger partial charge is 0.408 e. The van der Waals surface area contributed by atoms with Gasteiger partial charge in [0, 0.05) is 10.0 Å². The highest BCUT2D eigenvalue weighted by Gasteiger charge is 2.08. The Labute approximate surface area is 153 Å². The van der Waals surface area contributed by atoms with Crippen LogP contribution < -0.4 is 11.1 Å². The van der Waals surface area contributed by atoms with Crippen molar-refractivity contribution in [2.45, 2.75) is 6.42 Å². The van der Waals surface area contributed by atoms with E-state index in [1.807, 2.05) is 12.1 Å². The van der Waals surface area contributed by atoms with Crippen LogP contribution >= 0.6 is 28.3 Å². The minimum absolute atomic E-state index is 0. The molecule has 1 aromatic heterocycles. The number of rotatable bonds is 6. The molecular weight excluding hydrogens is 396 g/mol. The average Bonchev–Trinajstić information content (AvgIpc) is 2.92. The lowest BCUT2D eigenvalue weighted by Gasteiger charge is -2.05. The summed E-state index contributed by atoms with van der Waals surface area (Å²) >= 11 is 3.40. The van der Waals surface area contributed by atoms with Crippen LogP contribution in [0, 0.1) is 0 Å². The monoisotopic (exact) mass is 410 g/mol. The fourth-order valence-electron chi connectivity index (χ4n) is 2.31. The van der Waals surface area contributed by atoms with Gasteiger partial charge in [-0.1, -0.05) is 28.1 Å². The summed E-state index contributed by atoms with van der Waals surface area (Å²) in [7, 11) is 0. The number of oxazole rings is 1. The van der Waals surface area contributed by atoms with E-state index in [9.17, 15) is 9.59 Å². The number of carbonyl (C=O) groups is 1. The van der Waals surface area contributed by atoms with Gasteiger partial charge in [0.25, 0.3) is 0 Å². The third kappa shape index (κ3) is 4.56. The van der Waals surface area contributed by atoms with E-state index < -0.39 is 5.76 Å². The van der Waals surface area contributed by atoms with E-state index in [1.54, 1.807) is 18.2 Å². The minimum atomic E-state index is -0.516. The largest absolute Gasteiger partial charge is 0.417 e. The van der Waals surface area contributed by atoms with E-state index in [0.717, 1.165) is 17.4 Å². The Morgan fingerprint density at radius 2 is 1.92 bits per heavy atom. The number of benzene rings is 2. The number of aromatic amines is 1. The van der Waals surface area contributed by atoms with Gasteiger partial charge in [-0.3, -0.25) is 9.78 Å². The molecule has 0 amide bonds. The number of nitrogens with one attached hydrogen (secondary N) is 2. The maximum Gasteiger partial charge on any atom is 0.417 e. The highest BCUT2D eigenvalue weighted by atomic mass is 79.9. The highest BCUT2D eigenvalue weighted by molar-refractivity contribution is 9.10. The molecule has 24 heavy (non-hydrogen) atoms. The Morgan fingerprint density at radius 1 is 1.17 bits per heavy atom. The second-order valence-electron chi connectivity index (χ2n) is 5.20. The van der Waals surface area contributed by atoms with Crippen molar-refractivity contribution in [2.75, 3.05) is 13.1 Å². The maximum absolute atomic E-state index is 12.2. The molecule has 5 nitrogen and oxygen atoms in total. The zero-order valence-corrected chi connectivity index (χ0v) is 15.1. The van der Waals surface area contributed by atoms with Crippen LogP contribution in [-0.2, 0) is 6.42 Å². The maximum atomic E-state index is 12.2. The zero-order valence-electron chi connectivity index (χ0n) is 12.7. The Hall–Kier alpha value is -1.89. The van der Waals surface area contributed by atoms with Crippen molar-refractivity contribution in [3.63, 3.8) is 0 Å². The van der Waals surface area contributed by atoms with Gasteiger partial charge in [-0.2, -0.15) is 0 Å². The van der Waals surface area contributed by atoms with Gasteiger partial charge in [-0.25, -0.2) is 4.79 Å². The van der Waals surface area contributed by atoms with Crippen LogP contribution in [0.3, 0.4) is 0 Å². The van der Waals surface area contributed by atoms with Crippen LogP contribution in [0.15, 0.2) is 56.1 Å². The first kappa shape index (κ1) is 18.4. The van der Waals surface area contributed by atoms with Crippen molar-refractivity contribution in [3.8, 4) is 0 Å². The SMILES string of the molecule is Cl.O=C(CNCCc1ccc(Br)cc1)c1ccc2[nH]c(=O)oc2c1. The van der Waals surface area contributed by atoms with Gasteiger partial charge in [0.15, 0.2) is 11.4 Å². The van der Waals surface area contributed by atoms with Gasteiger partial charge in [0.2, 0.25) is 0 Å². The number of aromatic nitrogens is 1. The Bertz CT molecular complexity index is 887. The van der Waals surface area contributed by atoms with E-state index in [4.69, 9.17) is 4.42 Å². The van der Waals surface area contributed by atoms with Gasteiger partial charge in [-0.15, -0.1) is 12.4 Å². The first-order valence-electron chi connectivity index (χ1n) is 7.23. The molecule has 1 heterocycles. The molecule has 7 heteroatoms. The summed E-state index contributed by atoms with van der Waals surface area (Å²) in [5, 5.41) is 3.14. The first-order chi connectivity index (χ1) is 11.1. The lowest BCUT2D eigenvalue weighted by molar-refractivity contribution is 0.0991. The summed E-state index contributed by atoms with van der Waals surface area (Å²) in [6.07, 6.45) is 0.853. The molecule has 0 aliphatic heterocycles. The summed E-state index contributed by atoms with van der Waals surface area (Å²) in [5.74, 6) is -0.552. The van der Waals surface area contributed by atoms with Gasteiger partial charge in [0.05, 0.1) is 12.1 Å².